The Bertz CT molecular complexity index is 282. The van der Waals surface area contributed by atoms with Crippen molar-refractivity contribution in [3.8, 4) is 0 Å². The number of nitrogens with two attached hydrogens (primary N) is 1. The van der Waals surface area contributed by atoms with Crippen molar-refractivity contribution in [1.29, 1.82) is 0 Å². The maximum atomic E-state index is 10.7. The van der Waals surface area contributed by atoms with Gasteiger partial charge >= 0.3 is 11.9 Å². The number of aliphatic carboxylic acids is 2. The molecule has 0 amide bonds. The zero-order valence-corrected chi connectivity index (χ0v) is 6.99. The Morgan fingerprint density at radius 1 is 1.31 bits per heavy atom. The third-order valence-corrected chi connectivity index (χ3v) is 2.13. The monoisotopic (exact) mass is 185 g/mol. The zero-order valence-electron chi connectivity index (χ0n) is 6.99. The van der Waals surface area contributed by atoms with Gasteiger partial charge in [-0.1, -0.05) is 0 Å². The standard InChI is InChI=1S/C8H11NO4/c9-5-3-1-2-4(7(10)11)6(5)8(12)13/h5H,1-3,9H2,(H,10,11)(H,12,13). The zero-order chi connectivity index (χ0) is 10.0. The molecule has 0 aromatic carbocycles. The maximum Gasteiger partial charge on any atom is 0.333 e. The minimum atomic E-state index is -1.22. The Morgan fingerprint density at radius 3 is 2.31 bits per heavy atom. The van der Waals surface area contributed by atoms with Gasteiger partial charge in [-0.15, -0.1) is 0 Å². The summed E-state index contributed by atoms with van der Waals surface area (Å²) in [6, 6.07) is -0.641. The lowest BCUT2D eigenvalue weighted by Crippen LogP contribution is -2.33. The van der Waals surface area contributed by atoms with Gasteiger partial charge in [-0.3, -0.25) is 0 Å². The van der Waals surface area contributed by atoms with Crippen LogP contribution in [0, 0.1) is 0 Å². The summed E-state index contributed by atoms with van der Waals surface area (Å²) in [5.74, 6) is -2.39. The first-order valence-corrected chi connectivity index (χ1v) is 3.99. The number of carboxylic acids is 2. The number of hydrogen-bond donors (Lipinski definition) is 3. The van der Waals surface area contributed by atoms with Crippen LogP contribution in [0.2, 0.25) is 0 Å². The van der Waals surface area contributed by atoms with Crippen LogP contribution in [0.5, 0.6) is 0 Å². The smallest absolute Gasteiger partial charge is 0.333 e. The molecule has 13 heavy (non-hydrogen) atoms. The van der Waals surface area contributed by atoms with E-state index in [2.05, 4.69) is 0 Å². The maximum absolute atomic E-state index is 10.7. The highest BCUT2D eigenvalue weighted by Gasteiger charge is 2.28. The topological polar surface area (TPSA) is 101 Å². The minimum Gasteiger partial charge on any atom is -0.478 e. The summed E-state index contributed by atoms with van der Waals surface area (Å²) in [6.45, 7) is 0. The second kappa shape index (κ2) is 3.57. The highest BCUT2D eigenvalue weighted by molar-refractivity contribution is 6.00. The van der Waals surface area contributed by atoms with Gasteiger partial charge in [0.05, 0.1) is 5.57 Å². The van der Waals surface area contributed by atoms with Gasteiger partial charge in [0.25, 0.3) is 0 Å². The van der Waals surface area contributed by atoms with Crippen molar-refractivity contribution in [2.24, 2.45) is 5.73 Å². The van der Waals surface area contributed by atoms with Crippen LogP contribution in [0.25, 0.3) is 0 Å². The van der Waals surface area contributed by atoms with Crippen molar-refractivity contribution in [1.82, 2.24) is 0 Å². The lowest BCUT2D eigenvalue weighted by atomic mass is 9.88. The van der Waals surface area contributed by atoms with Gasteiger partial charge < -0.3 is 15.9 Å². The van der Waals surface area contributed by atoms with E-state index in [-0.39, 0.29) is 11.1 Å². The fourth-order valence-corrected chi connectivity index (χ4v) is 1.51. The van der Waals surface area contributed by atoms with E-state index in [9.17, 15) is 9.59 Å². The SMILES string of the molecule is NC1CCCC(C(=O)O)=C1C(=O)O. The van der Waals surface area contributed by atoms with Crippen molar-refractivity contribution in [2.75, 3.05) is 0 Å². The lowest BCUT2D eigenvalue weighted by molar-refractivity contribution is -0.136. The summed E-state index contributed by atoms with van der Waals surface area (Å²) in [7, 11) is 0. The molecule has 0 radical (unpaired) electrons. The molecule has 1 aliphatic rings. The molecule has 0 aliphatic heterocycles. The summed E-state index contributed by atoms with van der Waals surface area (Å²) < 4.78 is 0. The molecule has 1 atom stereocenters. The fourth-order valence-electron chi connectivity index (χ4n) is 1.51. The summed E-state index contributed by atoms with van der Waals surface area (Å²) in [5.41, 5.74) is 5.32. The number of carboxylic acid groups (broad SMARTS) is 2. The molecule has 5 nitrogen and oxygen atoms in total. The van der Waals surface area contributed by atoms with Crippen LogP contribution in [0.15, 0.2) is 11.1 Å². The normalized spacial score (nSPS) is 23.0. The van der Waals surface area contributed by atoms with E-state index in [1.165, 1.54) is 0 Å². The van der Waals surface area contributed by atoms with Crippen molar-refractivity contribution >= 4 is 11.9 Å². The Morgan fingerprint density at radius 2 is 1.92 bits per heavy atom. The summed E-state index contributed by atoms with van der Waals surface area (Å²) in [6.07, 6.45) is 1.47. The molecule has 0 aromatic rings. The molecule has 1 rings (SSSR count). The molecule has 0 saturated carbocycles. The Kier molecular flexibility index (Phi) is 2.67. The third-order valence-electron chi connectivity index (χ3n) is 2.13. The second-order valence-electron chi connectivity index (χ2n) is 3.00. The van der Waals surface area contributed by atoms with Crippen molar-refractivity contribution in [3.05, 3.63) is 11.1 Å². The van der Waals surface area contributed by atoms with E-state index in [1.807, 2.05) is 0 Å². The van der Waals surface area contributed by atoms with Gasteiger partial charge in [0.15, 0.2) is 0 Å². The van der Waals surface area contributed by atoms with Crippen LogP contribution in [-0.2, 0) is 9.59 Å². The van der Waals surface area contributed by atoms with Gasteiger partial charge in [-0.25, -0.2) is 9.59 Å². The van der Waals surface area contributed by atoms with Gasteiger partial charge in [-0.05, 0) is 19.3 Å². The molecule has 4 N–H and O–H groups in total. The number of hydrogen-bond acceptors (Lipinski definition) is 3. The quantitative estimate of drug-likeness (QED) is 0.560. The molecule has 0 saturated heterocycles. The number of rotatable bonds is 2. The molecule has 0 bridgehead atoms. The molecule has 1 aliphatic carbocycles. The Balaban J connectivity index is 3.11. The van der Waals surface area contributed by atoms with Crippen molar-refractivity contribution in [3.63, 3.8) is 0 Å². The molecular weight excluding hydrogens is 174 g/mol. The Labute approximate surface area is 74.8 Å². The van der Waals surface area contributed by atoms with Crippen LogP contribution in [0.3, 0.4) is 0 Å². The van der Waals surface area contributed by atoms with E-state index in [4.69, 9.17) is 15.9 Å². The van der Waals surface area contributed by atoms with Crippen molar-refractivity contribution < 1.29 is 19.8 Å². The largest absolute Gasteiger partial charge is 0.478 e. The van der Waals surface area contributed by atoms with E-state index < -0.39 is 18.0 Å². The summed E-state index contributed by atoms with van der Waals surface area (Å²) in [5, 5.41) is 17.4. The fraction of sp³-hybridized carbons (Fsp3) is 0.500. The third kappa shape index (κ3) is 1.86. The molecule has 0 spiro atoms. The summed E-state index contributed by atoms with van der Waals surface area (Å²) in [4.78, 5) is 21.3. The molecule has 0 fully saturated rings. The first kappa shape index (κ1) is 9.73. The van der Waals surface area contributed by atoms with Gasteiger partial charge in [-0.2, -0.15) is 0 Å². The predicted octanol–water partition coefficient (Wildman–Crippen LogP) is -0.0366. The lowest BCUT2D eigenvalue weighted by Gasteiger charge is -2.20. The van der Waals surface area contributed by atoms with E-state index in [1.54, 1.807) is 0 Å². The average molecular weight is 185 g/mol. The molecule has 0 aromatic heterocycles. The van der Waals surface area contributed by atoms with E-state index >= 15 is 0 Å². The highest BCUT2D eigenvalue weighted by atomic mass is 16.4. The van der Waals surface area contributed by atoms with Crippen LogP contribution in [-0.4, -0.2) is 28.2 Å². The summed E-state index contributed by atoms with van der Waals surface area (Å²) >= 11 is 0. The van der Waals surface area contributed by atoms with Gasteiger partial charge in [0, 0.05) is 11.6 Å². The van der Waals surface area contributed by atoms with Crippen LogP contribution in [0.1, 0.15) is 19.3 Å². The first-order chi connectivity index (χ1) is 6.04. The Hall–Kier alpha value is -1.36. The van der Waals surface area contributed by atoms with E-state index in [0.29, 0.717) is 19.3 Å². The first-order valence-electron chi connectivity index (χ1n) is 3.99. The van der Waals surface area contributed by atoms with Crippen LogP contribution < -0.4 is 5.73 Å². The molecule has 5 heteroatoms. The highest BCUT2D eigenvalue weighted by Crippen LogP contribution is 2.24. The molecular formula is C8H11NO4. The predicted molar refractivity (Wildman–Crippen MR) is 44.1 cm³/mol. The van der Waals surface area contributed by atoms with Crippen LogP contribution in [0.4, 0.5) is 0 Å². The van der Waals surface area contributed by atoms with Gasteiger partial charge in [0.2, 0.25) is 0 Å². The number of carbonyl (C=O) groups is 2. The minimum absolute atomic E-state index is 0.0498. The molecule has 1 unspecified atom stereocenters. The second-order valence-corrected chi connectivity index (χ2v) is 3.00. The molecule has 0 heterocycles. The van der Waals surface area contributed by atoms with Crippen molar-refractivity contribution in [2.45, 2.75) is 25.3 Å². The van der Waals surface area contributed by atoms with Crippen LogP contribution >= 0.6 is 0 Å². The molecule has 72 valence electrons. The van der Waals surface area contributed by atoms with Gasteiger partial charge in [0.1, 0.15) is 0 Å². The average Bonchev–Trinajstić information content (AvgIpc) is 2.02. The van der Waals surface area contributed by atoms with E-state index in [0.717, 1.165) is 0 Å².